The van der Waals surface area contributed by atoms with Crippen LogP contribution in [0, 0.1) is 17.6 Å². The lowest BCUT2D eigenvalue weighted by atomic mass is 10.1. The molecule has 0 saturated heterocycles. The number of rotatable bonds is 4. The summed E-state index contributed by atoms with van der Waals surface area (Å²) in [5.74, 6) is -1.53. The quantitative estimate of drug-likeness (QED) is 0.774. The van der Waals surface area contributed by atoms with Gasteiger partial charge in [-0.05, 0) is 18.1 Å². The van der Waals surface area contributed by atoms with E-state index in [-0.39, 0.29) is 18.2 Å². The summed E-state index contributed by atoms with van der Waals surface area (Å²) in [6.45, 7) is 3.45. The van der Waals surface area contributed by atoms with Crippen LogP contribution in [0.1, 0.15) is 13.8 Å². The van der Waals surface area contributed by atoms with Gasteiger partial charge < -0.3 is 15.7 Å². The molecule has 18 heavy (non-hydrogen) atoms. The minimum absolute atomic E-state index is 0.0406. The predicted octanol–water partition coefficient (Wildman–Crippen LogP) is 2.10. The van der Waals surface area contributed by atoms with Crippen LogP contribution in [-0.2, 0) is 0 Å². The highest BCUT2D eigenvalue weighted by Crippen LogP contribution is 2.14. The Hall–Kier alpha value is -1.69. The van der Waals surface area contributed by atoms with Crippen molar-refractivity contribution in [3.63, 3.8) is 0 Å². The summed E-state index contributed by atoms with van der Waals surface area (Å²) in [6, 6.07) is 1.79. The highest BCUT2D eigenvalue weighted by molar-refractivity contribution is 5.89. The maximum atomic E-state index is 13.3. The van der Waals surface area contributed by atoms with Crippen LogP contribution in [0.25, 0.3) is 0 Å². The topological polar surface area (TPSA) is 61.4 Å². The van der Waals surface area contributed by atoms with Crippen molar-refractivity contribution in [2.75, 3.05) is 11.9 Å². The van der Waals surface area contributed by atoms with Gasteiger partial charge in [0.2, 0.25) is 0 Å². The Morgan fingerprint density at radius 1 is 1.39 bits per heavy atom. The molecule has 1 aromatic rings. The van der Waals surface area contributed by atoms with Crippen molar-refractivity contribution in [2.24, 2.45) is 5.92 Å². The lowest BCUT2D eigenvalue weighted by molar-refractivity contribution is 0.204. The van der Waals surface area contributed by atoms with E-state index >= 15 is 0 Å². The molecule has 1 aromatic carbocycles. The van der Waals surface area contributed by atoms with Crippen molar-refractivity contribution in [1.29, 1.82) is 0 Å². The van der Waals surface area contributed by atoms with E-state index in [0.29, 0.717) is 6.07 Å². The fraction of sp³-hybridized carbons (Fsp3) is 0.417. The van der Waals surface area contributed by atoms with Crippen LogP contribution in [0.2, 0.25) is 0 Å². The van der Waals surface area contributed by atoms with Crippen molar-refractivity contribution >= 4 is 11.7 Å². The maximum absolute atomic E-state index is 13.3. The van der Waals surface area contributed by atoms with Gasteiger partial charge in [-0.1, -0.05) is 13.8 Å². The lowest BCUT2D eigenvalue weighted by Gasteiger charge is -2.20. The molecule has 0 aliphatic heterocycles. The Bertz CT molecular complexity index is 425. The first-order valence-electron chi connectivity index (χ1n) is 5.57. The zero-order valence-electron chi connectivity index (χ0n) is 10.2. The molecule has 0 aliphatic carbocycles. The molecule has 0 fully saturated rings. The Kier molecular flexibility index (Phi) is 5.03. The number of nitrogens with one attached hydrogen (secondary N) is 2. The second-order valence-corrected chi connectivity index (χ2v) is 4.26. The Labute approximate surface area is 104 Å². The van der Waals surface area contributed by atoms with Gasteiger partial charge in [-0.2, -0.15) is 0 Å². The largest absolute Gasteiger partial charge is 0.394 e. The SMILES string of the molecule is CC(C)C(CO)NC(=O)Nc1ccc(F)cc1F. The first-order valence-corrected chi connectivity index (χ1v) is 5.57. The number of carbonyl (C=O) groups is 1. The van der Waals surface area contributed by atoms with E-state index in [9.17, 15) is 13.6 Å². The van der Waals surface area contributed by atoms with E-state index in [2.05, 4.69) is 10.6 Å². The third kappa shape index (κ3) is 3.96. The van der Waals surface area contributed by atoms with E-state index in [0.717, 1.165) is 12.1 Å². The molecule has 100 valence electrons. The van der Waals surface area contributed by atoms with Gasteiger partial charge >= 0.3 is 6.03 Å². The molecular formula is C12H16F2N2O2. The highest BCUT2D eigenvalue weighted by atomic mass is 19.1. The Balaban J connectivity index is 2.64. The number of halogens is 2. The molecule has 4 nitrogen and oxygen atoms in total. The summed E-state index contributed by atoms with van der Waals surface area (Å²) in [5.41, 5.74) is -0.116. The number of benzene rings is 1. The second-order valence-electron chi connectivity index (χ2n) is 4.26. The molecule has 0 bridgehead atoms. The molecule has 1 unspecified atom stereocenters. The van der Waals surface area contributed by atoms with Gasteiger partial charge in [0.25, 0.3) is 0 Å². The summed E-state index contributed by atoms with van der Waals surface area (Å²) in [7, 11) is 0. The molecule has 0 heterocycles. The van der Waals surface area contributed by atoms with E-state index in [4.69, 9.17) is 5.11 Å². The minimum Gasteiger partial charge on any atom is -0.394 e. The number of amides is 2. The number of hydrogen-bond acceptors (Lipinski definition) is 2. The van der Waals surface area contributed by atoms with E-state index in [1.165, 1.54) is 0 Å². The molecular weight excluding hydrogens is 242 g/mol. The lowest BCUT2D eigenvalue weighted by Crippen LogP contribution is -2.43. The fourth-order valence-corrected chi connectivity index (χ4v) is 1.34. The zero-order valence-corrected chi connectivity index (χ0v) is 10.2. The van der Waals surface area contributed by atoms with Gasteiger partial charge in [-0.3, -0.25) is 0 Å². The number of urea groups is 1. The van der Waals surface area contributed by atoms with Gasteiger partial charge in [-0.15, -0.1) is 0 Å². The molecule has 1 rings (SSSR count). The van der Waals surface area contributed by atoms with Crippen molar-refractivity contribution in [2.45, 2.75) is 19.9 Å². The smallest absolute Gasteiger partial charge is 0.319 e. The maximum Gasteiger partial charge on any atom is 0.319 e. The van der Waals surface area contributed by atoms with E-state index < -0.39 is 23.7 Å². The van der Waals surface area contributed by atoms with Gasteiger partial charge in [0.05, 0.1) is 18.3 Å². The van der Waals surface area contributed by atoms with Gasteiger partial charge in [0.15, 0.2) is 0 Å². The number of carbonyl (C=O) groups excluding carboxylic acids is 1. The molecule has 0 saturated carbocycles. The summed E-state index contributed by atoms with van der Waals surface area (Å²) in [4.78, 5) is 11.5. The molecule has 6 heteroatoms. The Morgan fingerprint density at radius 2 is 2.06 bits per heavy atom. The van der Waals surface area contributed by atoms with Crippen molar-refractivity contribution in [1.82, 2.24) is 5.32 Å². The van der Waals surface area contributed by atoms with Crippen LogP contribution in [-0.4, -0.2) is 23.8 Å². The average molecular weight is 258 g/mol. The van der Waals surface area contributed by atoms with Crippen LogP contribution in [0.4, 0.5) is 19.3 Å². The van der Waals surface area contributed by atoms with Crippen LogP contribution in [0.3, 0.4) is 0 Å². The molecule has 2 amide bonds. The zero-order chi connectivity index (χ0) is 13.7. The van der Waals surface area contributed by atoms with E-state index in [1.807, 2.05) is 13.8 Å². The number of aliphatic hydroxyl groups excluding tert-OH is 1. The first-order chi connectivity index (χ1) is 8.43. The van der Waals surface area contributed by atoms with Crippen LogP contribution >= 0.6 is 0 Å². The van der Waals surface area contributed by atoms with Crippen molar-refractivity contribution < 1.29 is 18.7 Å². The molecule has 0 aromatic heterocycles. The summed E-state index contributed by atoms with van der Waals surface area (Å²) in [6.07, 6.45) is 0. The predicted molar refractivity (Wildman–Crippen MR) is 64.2 cm³/mol. The normalized spacial score (nSPS) is 12.3. The highest BCUT2D eigenvalue weighted by Gasteiger charge is 2.15. The van der Waals surface area contributed by atoms with Gasteiger partial charge in [0, 0.05) is 6.07 Å². The van der Waals surface area contributed by atoms with Crippen molar-refractivity contribution in [3.8, 4) is 0 Å². The molecule has 3 N–H and O–H groups in total. The number of anilines is 1. The second kappa shape index (κ2) is 6.30. The van der Waals surface area contributed by atoms with Crippen LogP contribution in [0.5, 0.6) is 0 Å². The third-order valence-corrected chi connectivity index (χ3v) is 2.50. The third-order valence-electron chi connectivity index (χ3n) is 2.50. The number of aliphatic hydroxyl groups is 1. The van der Waals surface area contributed by atoms with Crippen LogP contribution in [0.15, 0.2) is 18.2 Å². The first kappa shape index (κ1) is 14.4. The standard InChI is InChI=1S/C12H16F2N2O2/c1-7(2)11(6-17)16-12(18)15-10-4-3-8(13)5-9(10)14/h3-5,7,11,17H,6H2,1-2H3,(H2,15,16,18). The molecule has 0 aliphatic rings. The average Bonchev–Trinajstić information content (AvgIpc) is 2.29. The number of hydrogen-bond donors (Lipinski definition) is 3. The monoisotopic (exact) mass is 258 g/mol. The van der Waals surface area contributed by atoms with Crippen molar-refractivity contribution in [3.05, 3.63) is 29.8 Å². The van der Waals surface area contributed by atoms with Gasteiger partial charge in [0.1, 0.15) is 11.6 Å². The molecule has 0 radical (unpaired) electrons. The van der Waals surface area contributed by atoms with Gasteiger partial charge in [-0.25, -0.2) is 13.6 Å². The summed E-state index contributed by atoms with van der Waals surface area (Å²) < 4.78 is 25.9. The molecule has 0 spiro atoms. The summed E-state index contributed by atoms with van der Waals surface area (Å²) in [5, 5.41) is 13.8. The minimum atomic E-state index is -0.852. The molecule has 1 atom stereocenters. The fourth-order valence-electron chi connectivity index (χ4n) is 1.34. The van der Waals surface area contributed by atoms with E-state index in [1.54, 1.807) is 0 Å². The van der Waals surface area contributed by atoms with Crippen LogP contribution < -0.4 is 10.6 Å². The Morgan fingerprint density at radius 3 is 2.56 bits per heavy atom. The summed E-state index contributed by atoms with van der Waals surface area (Å²) >= 11 is 0.